The van der Waals surface area contributed by atoms with Crippen molar-refractivity contribution in [1.29, 1.82) is 0 Å². The van der Waals surface area contributed by atoms with E-state index in [4.69, 9.17) is 9.47 Å². The van der Waals surface area contributed by atoms with Crippen LogP contribution in [0, 0.1) is 6.92 Å². The van der Waals surface area contributed by atoms with Gasteiger partial charge in [0.15, 0.2) is 0 Å². The van der Waals surface area contributed by atoms with Crippen molar-refractivity contribution in [2.45, 2.75) is 25.8 Å². The van der Waals surface area contributed by atoms with E-state index in [-0.39, 0.29) is 23.2 Å². The van der Waals surface area contributed by atoms with Crippen molar-refractivity contribution < 1.29 is 28.7 Å². The molecule has 4 rings (SSSR count). The molecule has 1 aromatic carbocycles. The molecule has 0 bridgehead atoms. The number of rotatable bonds is 4. The molecule has 1 atom stereocenters. The van der Waals surface area contributed by atoms with Crippen molar-refractivity contribution in [3.8, 4) is 0 Å². The van der Waals surface area contributed by atoms with Crippen molar-refractivity contribution in [3.63, 3.8) is 0 Å². The Morgan fingerprint density at radius 3 is 2.50 bits per heavy atom. The molecule has 1 unspecified atom stereocenters. The number of hydrogen-bond donors (Lipinski definition) is 0. The van der Waals surface area contributed by atoms with Gasteiger partial charge in [-0.2, -0.15) is 0 Å². The highest BCUT2D eigenvalue weighted by molar-refractivity contribution is 6.22. The predicted molar refractivity (Wildman–Crippen MR) is 116 cm³/mol. The zero-order chi connectivity index (χ0) is 23.0. The third-order valence-corrected chi connectivity index (χ3v) is 5.80. The van der Waals surface area contributed by atoms with Gasteiger partial charge in [0, 0.05) is 18.4 Å². The highest BCUT2D eigenvalue weighted by atomic mass is 16.5. The van der Waals surface area contributed by atoms with Gasteiger partial charge in [0.05, 0.1) is 25.5 Å². The summed E-state index contributed by atoms with van der Waals surface area (Å²) in [6, 6.07) is 4.38. The molecule has 32 heavy (non-hydrogen) atoms. The molecule has 0 aromatic heterocycles. The summed E-state index contributed by atoms with van der Waals surface area (Å²) in [5.74, 6) is -1.69. The molecule has 2 fully saturated rings. The van der Waals surface area contributed by atoms with Crippen LogP contribution >= 0.6 is 0 Å². The lowest BCUT2D eigenvalue weighted by molar-refractivity contribution is -0.139. The van der Waals surface area contributed by atoms with Crippen LogP contribution in [0.4, 0.5) is 16.2 Å². The summed E-state index contributed by atoms with van der Waals surface area (Å²) in [5.41, 5.74) is 1.60. The van der Waals surface area contributed by atoms with Crippen LogP contribution < -0.4 is 9.80 Å². The molecular weight excluding hydrogens is 414 g/mol. The quantitative estimate of drug-likeness (QED) is 0.527. The van der Waals surface area contributed by atoms with Gasteiger partial charge in [0.25, 0.3) is 5.91 Å². The molecule has 0 aliphatic carbocycles. The number of anilines is 2. The second-order valence-corrected chi connectivity index (χ2v) is 7.59. The SMILES string of the molecule is COC(=O)C1=C(C(=O)OC)N(c2ccc(C)c(N3C(=O)C4CCCN4C3=O)c2)C=CC=C1. The fraction of sp³-hybridized carbons (Fsp3) is 0.304. The number of benzene rings is 1. The first-order valence-electron chi connectivity index (χ1n) is 10.2. The first-order valence-corrected chi connectivity index (χ1v) is 10.2. The molecule has 1 aromatic rings. The van der Waals surface area contributed by atoms with Crippen molar-refractivity contribution >= 4 is 35.3 Å². The minimum Gasteiger partial charge on any atom is -0.465 e. The Labute approximate surface area is 185 Å². The van der Waals surface area contributed by atoms with Crippen molar-refractivity contribution in [3.05, 3.63) is 59.5 Å². The van der Waals surface area contributed by atoms with E-state index < -0.39 is 18.0 Å². The topological polar surface area (TPSA) is 96.5 Å². The maximum absolute atomic E-state index is 13.0. The number of imide groups is 1. The molecule has 9 nitrogen and oxygen atoms in total. The maximum Gasteiger partial charge on any atom is 0.355 e. The molecule has 2 saturated heterocycles. The van der Waals surface area contributed by atoms with E-state index in [1.807, 2.05) is 0 Å². The molecule has 9 heteroatoms. The summed E-state index contributed by atoms with van der Waals surface area (Å²) >= 11 is 0. The molecule has 3 aliphatic heterocycles. The summed E-state index contributed by atoms with van der Waals surface area (Å²) in [7, 11) is 2.44. The molecule has 3 amide bonds. The van der Waals surface area contributed by atoms with Crippen LogP contribution in [0.3, 0.4) is 0 Å². The average Bonchev–Trinajstić information content (AvgIpc) is 3.29. The number of urea groups is 1. The lowest BCUT2D eigenvalue weighted by Gasteiger charge is -2.25. The maximum atomic E-state index is 13.0. The highest BCUT2D eigenvalue weighted by Crippen LogP contribution is 2.36. The second-order valence-electron chi connectivity index (χ2n) is 7.59. The number of allylic oxidation sites excluding steroid dienone is 2. The molecule has 0 radical (unpaired) electrons. The number of aryl methyl sites for hydroxylation is 1. The van der Waals surface area contributed by atoms with E-state index in [1.165, 1.54) is 30.1 Å². The fourth-order valence-electron chi connectivity index (χ4n) is 4.20. The van der Waals surface area contributed by atoms with Crippen molar-refractivity contribution in [2.24, 2.45) is 0 Å². The Morgan fingerprint density at radius 2 is 1.81 bits per heavy atom. The minimum absolute atomic E-state index is 0.0143. The van der Waals surface area contributed by atoms with Gasteiger partial charge < -0.3 is 19.3 Å². The number of fused-ring (bicyclic) bond motifs is 1. The van der Waals surface area contributed by atoms with Crippen LogP contribution in [0.5, 0.6) is 0 Å². The van der Waals surface area contributed by atoms with Crippen LogP contribution in [-0.2, 0) is 23.9 Å². The fourth-order valence-corrected chi connectivity index (χ4v) is 4.20. The largest absolute Gasteiger partial charge is 0.465 e. The molecule has 0 saturated carbocycles. The van der Waals surface area contributed by atoms with Gasteiger partial charge in [-0.1, -0.05) is 12.1 Å². The smallest absolute Gasteiger partial charge is 0.355 e. The molecule has 0 spiro atoms. The van der Waals surface area contributed by atoms with Crippen LogP contribution in [0.25, 0.3) is 0 Å². The van der Waals surface area contributed by atoms with Crippen LogP contribution in [0.2, 0.25) is 0 Å². The Hall–Kier alpha value is -3.88. The van der Waals surface area contributed by atoms with Crippen LogP contribution in [-0.4, -0.2) is 55.6 Å². The molecular formula is C23H23N3O6. The Morgan fingerprint density at radius 1 is 1.06 bits per heavy atom. The van der Waals surface area contributed by atoms with E-state index >= 15 is 0 Å². The van der Waals surface area contributed by atoms with Gasteiger partial charge in [-0.3, -0.25) is 4.79 Å². The first-order chi connectivity index (χ1) is 15.4. The number of nitrogens with zero attached hydrogens (tertiary/aromatic N) is 3. The van der Waals surface area contributed by atoms with Gasteiger partial charge in [-0.05, 0) is 49.6 Å². The average molecular weight is 437 g/mol. The van der Waals surface area contributed by atoms with E-state index in [0.29, 0.717) is 24.3 Å². The monoisotopic (exact) mass is 437 g/mol. The third-order valence-electron chi connectivity index (χ3n) is 5.80. The number of carbonyl (C=O) groups excluding carboxylic acids is 4. The number of methoxy groups -OCH3 is 2. The standard InChI is InChI=1S/C23H23N3O6/c1-14-9-10-15(13-18(14)26-20(27)17-8-6-12-25(17)23(26)30)24-11-5-4-7-16(21(28)31-2)19(24)22(29)32-3/h4-5,7,9-11,13,17H,6,8,12H2,1-3H3. The molecule has 3 aliphatic rings. The summed E-state index contributed by atoms with van der Waals surface area (Å²) in [5, 5.41) is 0. The van der Waals surface area contributed by atoms with E-state index in [1.54, 1.807) is 48.4 Å². The third kappa shape index (κ3) is 3.35. The van der Waals surface area contributed by atoms with Crippen molar-refractivity contribution in [2.75, 3.05) is 30.6 Å². The van der Waals surface area contributed by atoms with E-state index in [0.717, 1.165) is 12.0 Å². The Kier molecular flexibility index (Phi) is 5.56. The minimum atomic E-state index is -0.738. The number of carbonyl (C=O) groups is 4. The van der Waals surface area contributed by atoms with Gasteiger partial charge in [0.2, 0.25) is 0 Å². The summed E-state index contributed by atoms with van der Waals surface area (Å²) in [4.78, 5) is 55.2. The van der Waals surface area contributed by atoms with Crippen LogP contribution in [0.1, 0.15) is 18.4 Å². The Bertz CT molecular complexity index is 1080. The second kappa shape index (κ2) is 8.33. The normalized spacial score (nSPS) is 20.1. The van der Waals surface area contributed by atoms with E-state index in [9.17, 15) is 19.2 Å². The molecule has 0 N–H and O–H groups in total. The summed E-state index contributed by atoms with van der Waals surface area (Å²) in [6.45, 7) is 2.36. The van der Waals surface area contributed by atoms with Gasteiger partial charge in [-0.25, -0.2) is 19.3 Å². The lowest BCUT2D eigenvalue weighted by Crippen LogP contribution is -2.34. The molecule has 3 heterocycles. The summed E-state index contributed by atoms with van der Waals surface area (Å²) < 4.78 is 9.76. The summed E-state index contributed by atoms with van der Waals surface area (Å²) in [6.07, 6.45) is 7.78. The zero-order valence-corrected chi connectivity index (χ0v) is 18.0. The highest BCUT2D eigenvalue weighted by Gasteiger charge is 2.48. The first kappa shape index (κ1) is 21.4. The van der Waals surface area contributed by atoms with Gasteiger partial charge in [0.1, 0.15) is 11.7 Å². The Balaban J connectivity index is 1.82. The van der Waals surface area contributed by atoms with Gasteiger partial charge in [-0.15, -0.1) is 0 Å². The number of amides is 3. The number of ether oxygens (including phenoxy) is 2. The zero-order valence-electron chi connectivity index (χ0n) is 18.0. The number of hydrogen-bond acceptors (Lipinski definition) is 7. The van der Waals surface area contributed by atoms with Gasteiger partial charge >= 0.3 is 18.0 Å². The lowest BCUT2D eigenvalue weighted by atomic mass is 10.1. The van der Waals surface area contributed by atoms with Crippen molar-refractivity contribution in [1.82, 2.24) is 4.90 Å². The predicted octanol–water partition coefficient (Wildman–Crippen LogP) is 2.42. The molecule has 166 valence electrons. The van der Waals surface area contributed by atoms with E-state index in [2.05, 4.69) is 0 Å². The van der Waals surface area contributed by atoms with Crippen LogP contribution in [0.15, 0.2) is 53.9 Å². The number of esters is 2.